The SMILES string of the molecule is N#Cc1ccc(NCc2cccc(NC(=O)c3ccncc3)c2)cc1C(F)(F)F. The van der Waals surface area contributed by atoms with Crippen LogP contribution in [0.3, 0.4) is 0 Å². The molecule has 0 bridgehead atoms. The average molecular weight is 396 g/mol. The van der Waals surface area contributed by atoms with E-state index in [0.717, 1.165) is 17.7 Å². The third-order valence-corrected chi connectivity index (χ3v) is 4.07. The first-order valence-electron chi connectivity index (χ1n) is 8.52. The molecular weight excluding hydrogens is 381 g/mol. The van der Waals surface area contributed by atoms with Crippen molar-refractivity contribution in [2.75, 3.05) is 10.6 Å². The first kappa shape index (κ1) is 19.9. The number of aromatic nitrogens is 1. The van der Waals surface area contributed by atoms with E-state index in [0.29, 0.717) is 11.3 Å². The first-order valence-corrected chi connectivity index (χ1v) is 8.52. The van der Waals surface area contributed by atoms with Gasteiger partial charge in [-0.1, -0.05) is 12.1 Å². The number of carbonyl (C=O) groups excluding carboxylic acids is 1. The van der Waals surface area contributed by atoms with Gasteiger partial charge < -0.3 is 10.6 Å². The van der Waals surface area contributed by atoms with E-state index in [1.54, 1.807) is 42.5 Å². The number of anilines is 2. The molecule has 2 aromatic carbocycles. The Balaban J connectivity index is 1.70. The lowest BCUT2D eigenvalue weighted by molar-refractivity contribution is -0.137. The largest absolute Gasteiger partial charge is 0.417 e. The number of pyridine rings is 1. The van der Waals surface area contributed by atoms with Crippen LogP contribution < -0.4 is 10.6 Å². The molecule has 0 spiro atoms. The highest BCUT2D eigenvalue weighted by molar-refractivity contribution is 6.04. The van der Waals surface area contributed by atoms with Crippen molar-refractivity contribution in [2.24, 2.45) is 0 Å². The Bertz CT molecular complexity index is 1060. The minimum atomic E-state index is -4.61. The van der Waals surface area contributed by atoms with Gasteiger partial charge in [-0.05, 0) is 48.0 Å². The van der Waals surface area contributed by atoms with Crippen molar-refractivity contribution in [3.63, 3.8) is 0 Å². The van der Waals surface area contributed by atoms with Gasteiger partial charge in [0.2, 0.25) is 0 Å². The minimum Gasteiger partial charge on any atom is -0.381 e. The Morgan fingerprint density at radius 2 is 1.79 bits per heavy atom. The molecular formula is C21H15F3N4O. The summed E-state index contributed by atoms with van der Waals surface area (Å²) in [6.45, 7) is 0.238. The summed E-state index contributed by atoms with van der Waals surface area (Å²) in [5.74, 6) is -0.292. The molecule has 0 aliphatic carbocycles. The number of nitrogens with one attached hydrogen (secondary N) is 2. The van der Waals surface area contributed by atoms with Crippen molar-refractivity contribution in [1.29, 1.82) is 5.26 Å². The van der Waals surface area contributed by atoms with Crippen LogP contribution in [0.25, 0.3) is 0 Å². The van der Waals surface area contributed by atoms with Gasteiger partial charge in [-0.3, -0.25) is 9.78 Å². The topological polar surface area (TPSA) is 77.8 Å². The molecule has 0 aliphatic rings. The number of benzene rings is 2. The number of hydrogen-bond donors (Lipinski definition) is 2. The van der Waals surface area contributed by atoms with E-state index in [9.17, 15) is 18.0 Å². The predicted molar refractivity (Wildman–Crippen MR) is 102 cm³/mol. The van der Waals surface area contributed by atoms with Crippen LogP contribution in [0.15, 0.2) is 67.0 Å². The minimum absolute atomic E-state index is 0.238. The summed E-state index contributed by atoms with van der Waals surface area (Å²) in [5.41, 5.74) is 0.605. The molecule has 146 valence electrons. The molecule has 8 heteroatoms. The predicted octanol–water partition coefficient (Wildman–Crippen LogP) is 4.84. The Kier molecular flexibility index (Phi) is 5.79. The van der Waals surface area contributed by atoms with E-state index in [2.05, 4.69) is 15.6 Å². The van der Waals surface area contributed by atoms with Crippen LogP contribution in [0.1, 0.15) is 27.0 Å². The zero-order valence-electron chi connectivity index (χ0n) is 15.0. The van der Waals surface area contributed by atoms with Gasteiger partial charge in [0.15, 0.2) is 0 Å². The van der Waals surface area contributed by atoms with Gasteiger partial charge in [-0.25, -0.2) is 0 Å². The Morgan fingerprint density at radius 1 is 1.03 bits per heavy atom. The Hall–Kier alpha value is -3.86. The summed E-state index contributed by atoms with van der Waals surface area (Å²) in [7, 11) is 0. The van der Waals surface area contributed by atoms with Crippen LogP contribution in [0.2, 0.25) is 0 Å². The number of nitrogens with zero attached hydrogens (tertiary/aromatic N) is 2. The smallest absolute Gasteiger partial charge is 0.381 e. The van der Waals surface area contributed by atoms with Crippen LogP contribution in [-0.2, 0) is 12.7 Å². The van der Waals surface area contributed by atoms with Gasteiger partial charge in [-0.2, -0.15) is 18.4 Å². The van der Waals surface area contributed by atoms with Crippen molar-refractivity contribution in [2.45, 2.75) is 12.7 Å². The van der Waals surface area contributed by atoms with E-state index in [4.69, 9.17) is 5.26 Å². The van der Waals surface area contributed by atoms with Gasteiger partial charge >= 0.3 is 6.18 Å². The van der Waals surface area contributed by atoms with E-state index < -0.39 is 17.3 Å². The van der Waals surface area contributed by atoms with Crippen molar-refractivity contribution < 1.29 is 18.0 Å². The van der Waals surface area contributed by atoms with Gasteiger partial charge in [-0.15, -0.1) is 0 Å². The molecule has 0 radical (unpaired) electrons. The molecule has 3 rings (SSSR count). The standard InChI is InChI=1S/C21H15F3N4O/c22-21(23,24)19-11-17(5-4-16(19)12-25)27-13-14-2-1-3-18(10-14)28-20(29)15-6-8-26-9-7-15/h1-11,27H,13H2,(H,28,29). The Labute approximate surface area is 164 Å². The molecule has 1 aromatic heterocycles. The molecule has 2 N–H and O–H groups in total. The number of amides is 1. The second kappa shape index (κ2) is 8.44. The van der Waals surface area contributed by atoms with E-state index >= 15 is 0 Å². The fourth-order valence-corrected chi connectivity index (χ4v) is 2.66. The molecule has 3 aromatic rings. The summed E-state index contributed by atoms with van der Waals surface area (Å²) in [4.78, 5) is 16.1. The lowest BCUT2D eigenvalue weighted by Gasteiger charge is -2.13. The molecule has 0 aliphatic heterocycles. The summed E-state index contributed by atoms with van der Waals surface area (Å²) >= 11 is 0. The molecule has 29 heavy (non-hydrogen) atoms. The fourth-order valence-electron chi connectivity index (χ4n) is 2.66. The molecule has 1 heterocycles. The highest BCUT2D eigenvalue weighted by atomic mass is 19.4. The lowest BCUT2D eigenvalue weighted by atomic mass is 10.1. The highest BCUT2D eigenvalue weighted by Gasteiger charge is 2.33. The monoisotopic (exact) mass is 396 g/mol. The maximum Gasteiger partial charge on any atom is 0.417 e. The molecule has 0 saturated carbocycles. The second-order valence-corrected chi connectivity index (χ2v) is 6.11. The molecule has 0 fully saturated rings. The third kappa shape index (κ3) is 5.11. The van der Waals surface area contributed by atoms with Crippen LogP contribution in [-0.4, -0.2) is 10.9 Å². The van der Waals surface area contributed by atoms with Crippen LogP contribution >= 0.6 is 0 Å². The summed E-state index contributed by atoms with van der Waals surface area (Å²) in [5, 5.41) is 14.5. The highest BCUT2D eigenvalue weighted by Crippen LogP contribution is 2.33. The Morgan fingerprint density at radius 3 is 2.48 bits per heavy atom. The van der Waals surface area contributed by atoms with Crippen molar-refractivity contribution >= 4 is 17.3 Å². The van der Waals surface area contributed by atoms with Crippen molar-refractivity contribution in [3.05, 3.63) is 89.2 Å². The number of carbonyl (C=O) groups is 1. The number of halogens is 3. The maximum atomic E-state index is 13.1. The van der Waals surface area contributed by atoms with E-state index in [1.165, 1.54) is 18.5 Å². The zero-order valence-corrected chi connectivity index (χ0v) is 15.0. The van der Waals surface area contributed by atoms with Gasteiger partial charge in [0.25, 0.3) is 5.91 Å². The van der Waals surface area contributed by atoms with Crippen molar-refractivity contribution in [3.8, 4) is 6.07 Å². The van der Waals surface area contributed by atoms with Crippen LogP contribution in [0, 0.1) is 11.3 Å². The zero-order chi connectivity index (χ0) is 20.9. The van der Waals surface area contributed by atoms with Gasteiger partial charge in [0, 0.05) is 35.9 Å². The average Bonchev–Trinajstić information content (AvgIpc) is 2.72. The van der Waals surface area contributed by atoms with Crippen LogP contribution in [0.4, 0.5) is 24.5 Å². The fraction of sp³-hybridized carbons (Fsp3) is 0.0952. The quantitative estimate of drug-likeness (QED) is 0.647. The van der Waals surface area contributed by atoms with E-state index in [1.807, 2.05) is 0 Å². The molecule has 1 amide bonds. The number of nitriles is 1. The molecule has 5 nitrogen and oxygen atoms in total. The summed E-state index contributed by atoms with van der Waals surface area (Å²) < 4.78 is 39.2. The summed E-state index contributed by atoms with van der Waals surface area (Å²) in [6.07, 6.45) is -1.58. The molecule has 0 unspecified atom stereocenters. The number of rotatable bonds is 5. The lowest BCUT2D eigenvalue weighted by Crippen LogP contribution is -2.12. The first-order chi connectivity index (χ1) is 13.9. The number of hydrogen-bond acceptors (Lipinski definition) is 4. The molecule has 0 saturated heterocycles. The third-order valence-electron chi connectivity index (χ3n) is 4.07. The second-order valence-electron chi connectivity index (χ2n) is 6.11. The van der Waals surface area contributed by atoms with Crippen molar-refractivity contribution in [1.82, 2.24) is 4.98 Å². The normalized spacial score (nSPS) is 10.8. The van der Waals surface area contributed by atoms with Crippen LogP contribution in [0.5, 0.6) is 0 Å². The van der Waals surface area contributed by atoms with E-state index in [-0.39, 0.29) is 18.1 Å². The maximum absolute atomic E-state index is 13.1. The van der Waals surface area contributed by atoms with Gasteiger partial charge in [0.05, 0.1) is 17.2 Å². The molecule has 0 atom stereocenters. The summed E-state index contributed by atoms with van der Waals surface area (Å²) in [6, 6.07) is 15.1. The van der Waals surface area contributed by atoms with Gasteiger partial charge in [0.1, 0.15) is 0 Å². The number of alkyl halides is 3.